The standard InChI is InChI=1S/C14H21N3O2S2/c1-14(2,3)13-17-11-6-5-10(9-12(11)20-13)21(18,19)16-8-4-7-15/h5-6,9,16H,4,7-8,15H2,1-3H3. The molecule has 0 aliphatic carbocycles. The maximum Gasteiger partial charge on any atom is 0.240 e. The molecule has 3 N–H and O–H groups in total. The maximum atomic E-state index is 12.2. The maximum absolute atomic E-state index is 12.2. The van der Waals surface area contributed by atoms with Crippen molar-refractivity contribution in [1.82, 2.24) is 9.71 Å². The highest BCUT2D eigenvalue weighted by atomic mass is 32.2. The first-order valence-corrected chi connectivity index (χ1v) is 9.15. The third-order valence-electron chi connectivity index (χ3n) is 2.98. The molecule has 1 aromatic carbocycles. The summed E-state index contributed by atoms with van der Waals surface area (Å²) in [5, 5.41) is 1.00. The minimum atomic E-state index is -3.48. The van der Waals surface area contributed by atoms with Crippen LogP contribution in [0.1, 0.15) is 32.2 Å². The summed E-state index contributed by atoms with van der Waals surface area (Å²) >= 11 is 1.54. The zero-order valence-electron chi connectivity index (χ0n) is 12.5. The fourth-order valence-corrected chi connectivity index (χ4v) is 4.02. The predicted molar refractivity (Wildman–Crippen MR) is 87.2 cm³/mol. The van der Waals surface area contributed by atoms with Gasteiger partial charge in [0.1, 0.15) is 0 Å². The molecule has 7 heteroatoms. The van der Waals surface area contributed by atoms with E-state index in [0.717, 1.165) is 15.2 Å². The molecule has 21 heavy (non-hydrogen) atoms. The van der Waals surface area contributed by atoms with Crippen molar-refractivity contribution < 1.29 is 8.42 Å². The van der Waals surface area contributed by atoms with Crippen LogP contribution in [-0.4, -0.2) is 26.5 Å². The third-order valence-corrected chi connectivity index (χ3v) is 5.89. The van der Waals surface area contributed by atoms with Crippen LogP contribution in [0.2, 0.25) is 0 Å². The fourth-order valence-electron chi connectivity index (χ4n) is 1.78. The molecule has 0 saturated carbocycles. The summed E-state index contributed by atoms with van der Waals surface area (Å²) in [5.74, 6) is 0. The van der Waals surface area contributed by atoms with Gasteiger partial charge in [-0.25, -0.2) is 18.1 Å². The summed E-state index contributed by atoms with van der Waals surface area (Å²) in [7, 11) is -3.48. The smallest absolute Gasteiger partial charge is 0.240 e. The molecule has 116 valence electrons. The SMILES string of the molecule is CC(C)(C)c1nc2ccc(S(=O)(=O)NCCCN)cc2s1. The Balaban J connectivity index is 2.34. The zero-order valence-corrected chi connectivity index (χ0v) is 14.1. The van der Waals surface area contributed by atoms with Gasteiger partial charge in [-0.3, -0.25) is 0 Å². The van der Waals surface area contributed by atoms with Crippen molar-refractivity contribution in [3.63, 3.8) is 0 Å². The number of nitrogens with zero attached hydrogens (tertiary/aromatic N) is 1. The number of hydrogen-bond acceptors (Lipinski definition) is 5. The second-order valence-electron chi connectivity index (χ2n) is 5.94. The van der Waals surface area contributed by atoms with Gasteiger partial charge in [-0.2, -0.15) is 0 Å². The molecular weight excluding hydrogens is 306 g/mol. The molecule has 0 saturated heterocycles. The number of nitrogens with two attached hydrogens (primary N) is 1. The Kier molecular flexibility index (Phi) is 4.67. The van der Waals surface area contributed by atoms with Gasteiger partial charge in [0.2, 0.25) is 10.0 Å². The van der Waals surface area contributed by atoms with Crippen LogP contribution in [0.3, 0.4) is 0 Å². The lowest BCUT2D eigenvalue weighted by Gasteiger charge is -2.13. The first-order valence-electron chi connectivity index (χ1n) is 6.85. The Morgan fingerprint density at radius 1 is 1.33 bits per heavy atom. The lowest BCUT2D eigenvalue weighted by Crippen LogP contribution is -2.26. The van der Waals surface area contributed by atoms with Crippen molar-refractivity contribution in [2.45, 2.75) is 37.5 Å². The van der Waals surface area contributed by atoms with Crippen LogP contribution in [0, 0.1) is 0 Å². The number of thiazole rings is 1. The van der Waals surface area contributed by atoms with Crippen LogP contribution in [0.15, 0.2) is 23.1 Å². The van der Waals surface area contributed by atoms with E-state index in [1.165, 1.54) is 11.3 Å². The lowest BCUT2D eigenvalue weighted by molar-refractivity contribution is 0.579. The molecule has 0 spiro atoms. The van der Waals surface area contributed by atoms with Crippen LogP contribution < -0.4 is 10.5 Å². The number of hydrogen-bond donors (Lipinski definition) is 2. The van der Waals surface area contributed by atoms with Crippen molar-refractivity contribution in [2.24, 2.45) is 5.73 Å². The molecule has 2 rings (SSSR count). The number of fused-ring (bicyclic) bond motifs is 1. The van der Waals surface area contributed by atoms with Crippen LogP contribution in [0.4, 0.5) is 0 Å². The highest BCUT2D eigenvalue weighted by Gasteiger charge is 2.20. The molecule has 5 nitrogen and oxygen atoms in total. The topological polar surface area (TPSA) is 85.1 Å². The Morgan fingerprint density at radius 2 is 2.05 bits per heavy atom. The molecule has 0 fully saturated rings. The second kappa shape index (κ2) is 6.00. The van der Waals surface area contributed by atoms with Gasteiger partial charge in [-0.05, 0) is 31.2 Å². The molecule has 0 aliphatic rings. The molecule has 0 atom stereocenters. The van der Waals surface area contributed by atoms with Gasteiger partial charge in [0.25, 0.3) is 0 Å². The molecule has 2 aromatic rings. The number of aromatic nitrogens is 1. The summed E-state index contributed by atoms with van der Waals surface area (Å²) in [5.41, 5.74) is 6.17. The Morgan fingerprint density at radius 3 is 2.67 bits per heavy atom. The van der Waals surface area contributed by atoms with E-state index in [9.17, 15) is 8.42 Å². The Bertz CT molecular complexity index is 730. The average Bonchev–Trinajstić information content (AvgIpc) is 2.81. The van der Waals surface area contributed by atoms with E-state index < -0.39 is 10.0 Å². The van der Waals surface area contributed by atoms with Gasteiger partial charge in [0.15, 0.2) is 0 Å². The van der Waals surface area contributed by atoms with E-state index in [0.29, 0.717) is 19.5 Å². The number of nitrogens with one attached hydrogen (secondary N) is 1. The minimum absolute atomic E-state index is 0.0396. The van der Waals surface area contributed by atoms with Crippen molar-refractivity contribution >= 4 is 31.6 Å². The summed E-state index contributed by atoms with van der Waals surface area (Å²) in [6.45, 7) is 7.10. The molecule has 0 amide bonds. The van der Waals surface area contributed by atoms with Crippen molar-refractivity contribution in [1.29, 1.82) is 0 Å². The summed E-state index contributed by atoms with van der Waals surface area (Å²) in [6.07, 6.45) is 0.621. The lowest BCUT2D eigenvalue weighted by atomic mass is 9.98. The minimum Gasteiger partial charge on any atom is -0.330 e. The van der Waals surface area contributed by atoms with Crippen molar-refractivity contribution in [2.75, 3.05) is 13.1 Å². The molecule has 0 aliphatic heterocycles. The normalized spacial score (nSPS) is 13.0. The predicted octanol–water partition coefficient (Wildman–Crippen LogP) is 2.22. The summed E-state index contributed by atoms with van der Waals surface area (Å²) < 4.78 is 27.8. The molecule has 1 heterocycles. The van der Waals surface area contributed by atoms with Crippen LogP contribution in [0.5, 0.6) is 0 Å². The first-order chi connectivity index (χ1) is 9.74. The highest BCUT2D eigenvalue weighted by molar-refractivity contribution is 7.89. The Hall–Kier alpha value is -1.02. The molecule has 0 radical (unpaired) electrons. The van der Waals surface area contributed by atoms with Gasteiger partial charge in [-0.1, -0.05) is 20.8 Å². The van der Waals surface area contributed by atoms with E-state index in [4.69, 9.17) is 5.73 Å². The number of sulfonamides is 1. The summed E-state index contributed by atoms with van der Waals surface area (Å²) in [6, 6.07) is 5.05. The molecular formula is C14H21N3O2S2. The van der Waals surface area contributed by atoms with E-state index in [1.807, 2.05) is 0 Å². The Labute approximate surface area is 129 Å². The summed E-state index contributed by atoms with van der Waals surface area (Å²) in [4.78, 5) is 4.84. The van der Waals surface area contributed by atoms with Crippen LogP contribution in [-0.2, 0) is 15.4 Å². The van der Waals surface area contributed by atoms with Crippen LogP contribution in [0.25, 0.3) is 10.2 Å². The quantitative estimate of drug-likeness (QED) is 0.825. The molecule has 0 unspecified atom stereocenters. The first kappa shape index (κ1) is 16.4. The third kappa shape index (κ3) is 3.79. The van der Waals surface area contributed by atoms with Gasteiger partial charge < -0.3 is 5.73 Å². The van der Waals surface area contributed by atoms with Gasteiger partial charge in [0, 0.05) is 12.0 Å². The largest absolute Gasteiger partial charge is 0.330 e. The monoisotopic (exact) mass is 327 g/mol. The number of rotatable bonds is 5. The highest BCUT2D eigenvalue weighted by Crippen LogP contribution is 2.32. The second-order valence-corrected chi connectivity index (χ2v) is 8.74. The van der Waals surface area contributed by atoms with Crippen molar-refractivity contribution in [3.05, 3.63) is 23.2 Å². The van der Waals surface area contributed by atoms with E-state index in [1.54, 1.807) is 18.2 Å². The number of benzene rings is 1. The zero-order chi connectivity index (χ0) is 15.7. The molecule has 0 bridgehead atoms. The van der Waals surface area contributed by atoms with E-state index in [-0.39, 0.29) is 10.3 Å². The van der Waals surface area contributed by atoms with Crippen molar-refractivity contribution in [3.8, 4) is 0 Å². The van der Waals surface area contributed by atoms with Gasteiger partial charge in [0.05, 0.1) is 20.1 Å². The van der Waals surface area contributed by atoms with E-state index >= 15 is 0 Å². The fraction of sp³-hybridized carbons (Fsp3) is 0.500. The van der Waals surface area contributed by atoms with Gasteiger partial charge >= 0.3 is 0 Å². The average molecular weight is 327 g/mol. The molecule has 1 aromatic heterocycles. The van der Waals surface area contributed by atoms with Gasteiger partial charge in [-0.15, -0.1) is 11.3 Å². The van der Waals surface area contributed by atoms with E-state index in [2.05, 4.69) is 30.5 Å². The van der Waals surface area contributed by atoms with Crippen LogP contribution >= 0.6 is 11.3 Å².